The van der Waals surface area contributed by atoms with Gasteiger partial charge in [-0.1, -0.05) is 184 Å². The van der Waals surface area contributed by atoms with Gasteiger partial charge in [0.1, 0.15) is 0 Å². The van der Waals surface area contributed by atoms with Gasteiger partial charge in [-0.05, 0) is 114 Å². The zero-order valence-corrected chi connectivity index (χ0v) is 42.2. The highest BCUT2D eigenvalue weighted by Crippen LogP contribution is 2.68. The summed E-state index contributed by atoms with van der Waals surface area (Å²) in [4.78, 5) is 6.81. The molecule has 2 aliphatic carbocycles. The van der Waals surface area contributed by atoms with E-state index in [1.165, 1.54) is 105 Å². The SMILES string of the molecule is CC(C)(C)c1ccc(N2C3=C(SC4(C3)c3ccccc3C3C=CC=CC34)B3c4cc(C(C)(C)C)ccc4N(c4ccc(C(C)(C)C)cc4)c4cc(-n5c6ccccc6c6ccccc65)cc2c43)cc1. The van der Waals surface area contributed by atoms with Gasteiger partial charge in [0.15, 0.2) is 0 Å². The van der Waals surface area contributed by atoms with Gasteiger partial charge in [-0.15, -0.1) is 11.8 Å². The molecular weight excluding hydrogens is 854 g/mol. The maximum absolute atomic E-state index is 2.72. The van der Waals surface area contributed by atoms with Crippen LogP contribution in [0, 0.1) is 5.92 Å². The third-order valence-corrected chi connectivity index (χ3v) is 17.8. The van der Waals surface area contributed by atoms with Crippen molar-refractivity contribution in [1.82, 2.24) is 4.57 Å². The van der Waals surface area contributed by atoms with Crippen molar-refractivity contribution in [3.63, 3.8) is 0 Å². The summed E-state index contributed by atoms with van der Waals surface area (Å²) in [6.07, 6.45) is 10.5. The molecule has 0 N–H and O–H groups in total. The average molecular weight is 914 g/mol. The van der Waals surface area contributed by atoms with E-state index >= 15 is 0 Å². The molecule has 8 aromatic rings. The molecule has 0 radical (unpaired) electrons. The van der Waals surface area contributed by atoms with Crippen molar-refractivity contribution in [2.75, 3.05) is 9.80 Å². The van der Waals surface area contributed by atoms with Crippen LogP contribution in [0.5, 0.6) is 0 Å². The van der Waals surface area contributed by atoms with E-state index in [1.54, 1.807) is 0 Å². The second-order valence-electron chi connectivity index (χ2n) is 23.4. The number of benzene rings is 7. The molecule has 3 aliphatic heterocycles. The van der Waals surface area contributed by atoms with Crippen molar-refractivity contribution < 1.29 is 0 Å². The maximum Gasteiger partial charge on any atom is 0.259 e. The van der Waals surface area contributed by atoms with Gasteiger partial charge in [-0.25, -0.2) is 0 Å². The highest BCUT2D eigenvalue weighted by Gasteiger charge is 2.59. The first-order valence-electron chi connectivity index (χ1n) is 25.1. The summed E-state index contributed by atoms with van der Waals surface area (Å²) in [7, 11) is 0. The fourth-order valence-electron chi connectivity index (χ4n) is 12.6. The summed E-state index contributed by atoms with van der Waals surface area (Å²) >= 11 is 2.19. The van der Waals surface area contributed by atoms with Gasteiger partial charge in [0, 0.05) is 63.2 Å². The summed E-state index contributed by atoms with van der Waals surface area (Å²) in [6.45, 7) is 21.0. The normalized spacial score (nSPS) is 20.2. The van der Waals surface area contributed by atoms with Gasteiger partial charge in [-0.2, -0.15) is 0 Å². The number of rotatable bonds is 3. The number of nitrogens with zero attached hydrogens (tertiary/aromatic N) is 3. The molecule has 3 unspecified atom stereocenters. The summed E-state index contributed by atoms with van der Waals surface area (Å²) in [6, 6.07) is 58.9. The standard InChI is InChI=1S/C64H60BN3S/c1-61(2,3)40-26-31-43(32-27-40)66-55-35-30-42(63(7,8)9)36-52(55)65-59-56(66)37-45(68-53-24-16-12-20-48(53)49-21-13-17-25-54(49)68)38-57(59)67(44-33-28-41(29-34-44)62(4,5)6)58-39-64(69-60(58)65)50-22-14-10-18-46(50)47-19-11-15-23-51(47)64/h10-38,46,50H,39H2,1-9H3. The Bertz CT molecular complexity index is 3480. The van der Waals surface area contributed by atoms with Crippen molar-refractivity contribution in [3.05, 3.63) is 214 Å². The zero-order chi connectivity index (χ0) is 47.4. The molecule has 4 heterocycles. The van der Waals surface area contributed by atoms with E-state index in [9.17, 15) is 0 Å². The minimum absolute atomic E-state index is 0.0275. The topological polar surface area (TPSA) is 11.4 Å². The molecule has 5 heteroatoms. The molecule has 69 heavy (non-hydrogen) atoms. The summed E-state index contributed by atoms with van der Waals surface area (Å²) in [5.74, 6) is 0.676. The van der Waals surface area contributed by atoms with Crippen LogP contribution in [-0.2, 0) is 21.0 Å². The van der Waals surface area contributed by atoms with E-state index in [1.807, 2.05) is 0 Å². The summed E-state index contributed by atoms with van der Waals surface area (Å²) in [5.41, 5.74) is 21.0. The van der Waals surface area contributed by atoms with Crippen molar-refractivity contribution >= 4 is 79.6 Å². The molecule has 0 fully saturated rings. The molecule has 3 nitrogen and oxygen atoms in total. The lowest BCUT2D eigenvalue weighted by Crippen LogP contribution is -2.55. The van der Waals surface area contributed by atoms with Crippen LogP contribution in [0.3, 0.4) is 0 Å². The Morgan fingerprint density at radius 2 is 1.06 bits per heavy atom. The number of anilines is 5. The van der Waals surface area contributed by atoms with Gasteiger partial charge in [0.25, 0.3) is 6.71 Å². The monoisotopic (exact) mass is 913 g/mol. The van der Waals surface area contributed by atoms with Gasteiger partial charge in [0.05, 0.1) is 21.5 Å². The van der Waals surface area contributed by atoms with E-state index in [4.69, 9.17) is 0 Å². The first-order valence-corrected chi connectivity index (χ1v) is 25.9. The Morgan fingerprint density at radius 1 is 0.522 bits per heavy atom. The molecule has 340 valence electrons. The molecule has 1 aromatic heterocycles. The minimum Gasteiger partial charge on any atom is -0.315 e. The van der Waals surface area contributed by atoms with E-state index in [0.717, 1.165) is 6.42 Å². The molecule has 13 rings (SSSR count). The van der Waals surface area contributed by atoms with Gasteiger partial charge in [-0.3, -0.25) is 0 Å². The second-order valence-corrected chi connectivity index (χ2v) is 24.7. The smallest absolute Gasteiger partial charge is 0.259 e. The van der Waals surface area contributed by atoms with Crippen molar-refractivity contribution in [1.29, 1.82) is 0 Å². The number of allylic oxidation sites excluding steroid dienone is 5. The zero-order valence-electron chi connectivity index (χ0n) is 41.4. The summed E-state index contributed by atoms with van der Waals surface area (Å²) < 4.78 is 2.36. The Labute approximate surface area is 413 Å². The Hall–Kier alpha value is -6.43. The molecule has 5 aliphatic rings. The van der Waals surface area contributed by atoms with Crippen LogP contribution in [0.1, 0.15) is 102 Å². The number of hydrogen-bond donors (Lipinski definition) is 0. The Balaban J connectivity index is 1.15. The average Bonchev–Trinajstić information content (AvgIpc) is 3.99. The van der Waals surface area contributed by atoms with Crippen LogP contribution in [0.4, 0.5) is 28.4 Å². The number of fused-ring (bicyclic) bond motifs is 11. The lowest BCUT2D eigenvalue weighted by molar-refractivity contribution is 0.467. The number of aromatic nitrogens is 1. The van der Waals surface area contributed by atoms with Crippen LogP contribution in [0.15, 0.2) is 186 Å². The largest absolute Gasteiger partial charge is 0.315 e. The predicted molar refractivity (Wildman–Crippen MR) is 297 cm³/mol. The number of para-hydroxylation sites is 2. The molecular formula is C64H60BN3S. The van der Waals surface area contributed by atoms with E-state index in [2.05, 4.69) is 264 Å². The first-order chi connectivity index (χ1) is 33.1. The van der Waals surface area contributed by atoms with Crippen molar-refractivity contribution in [2.24, 2.45) is 5.92 Å². The van der Waals surface area contributed by atoms with Crippen LogP contribution in [0.2, 0.25) is 0 Å². The van der Waals surface area contributed by atoms with Crippen LogP contribution in [0.25, 0.3) is 27.5 Å². The minimum atomic E-state index is -0.170. The molecule has 1 spiro atoms. The number of thioether (sulfide) groups is 1. The Morgan fingerprint density at radius 3 is 1.68 bits per heavy atom. The maximum atomic E-state index is 2.72. The van der Waals surface area contributed by atoms with Crippen molar-refractivity contribution in [2.45, 2.75) is 95.6 Å². The fraction of sp³-hybridized carbons (Fsp3) is 0.250. The van der Waals surface area contributed by atoms with E-state index in [-0.39, 0.29) is 27.7 Å². The highest BCUT2D eigenvalue weighted by molar-refractivity contribution is 8.06. The van der Waals surface area contributed by atoms with E-state index < -0.39 is 0 Å². The van der Waals surface area contributed by atoms with Crippen LogP contribution in [-0.4, -0.2) is 11.3 Å². The summed E-state index contributed by atoms with van der Waals surface area (Å²) in [5, 5.41) is 2.54. The molecule has 0 saturated carbocycles. The molecule has 0 saturated heterocycles. The number of hydrogen-bond acceptors (Lipinski definition) is 3. The molecule has 0 bridgehead atoms. The lowest BCUT2D eigenvalue weighted by atomic mass is 9.36. The third-order valence-electron chi connectivity index (χ3n) is 16.1. The van der Waals surface area contributed by atoms with Crippen molar-refractivity contribution in [3.8, 4) is 5.69 Å². The van der Waals surface area contributed by atoms with Gasteiger partial charge < -0.3 is 14.4 Å². The second kappa shape index (κ2) is 14.8. The van der Waals surface area contributed by atoms with Gasteiger partial charge in [0.2, 0.25) is 0 Å². The van der Waals surface area contributed by atoms with Gasteiger partial charge >= 0.3 is 0 Å². The molecule has 3 atom stereocenters. The highest BCUT2D eigenvalue weighted by atomic mass is 32.2. The van der Waals surface area contributed by atoms with Crippen LogP contribution < -0.4 is 20.7 Å². The predicted octanol–water partition coefficient (Wildman–Crippen LogP) is 15.8. The van der Waals surface area contributed by atoms with E-state index in [0.29, 0.717) is 11.8 Å². The quantitative estimate of drug-likeness (QED) is 0.164. The third kappa shape index (κ3) is 6.28. The van der Waals surface area contributed by atoms with Crippen LogP contribution >= 0.6 is 11.8 Å². The Kier molecular flexibility index (Phi) is 9.15. The lowest BCUT2D eigenvalue weighted by Gasteiger charge is -2.44. The molecule has 0 amide bonds. The fourth-order valence-corrected chi connectivity index (χ4v) is 14.5. The molecule has 7 aromatic carbocycles. The first kappa shape index (κ1) is 42.7.